The molecule has 0 saturated heterocycles. The molecule has 84 valence electrons. The highest BCUT2D eigenvalue weighted by Gasteiger charge is 2.05. The Hall–Kier alpha value is -0.480. The zero-order valence-electron chi connectivity index (χ0n) is 7.69. The summed E-state index contributed by atoms with van der Waals surface area (Å²) < 4.78 is 9.00. The number of hydrogen-bond acceptors (Lipinski definition) is 8. The van der Waals surface area contributed by atoms with Crippen LogP contribution in [0.1, 0.15) is 0 Å². The van der Waals surface area contributed by atoms with Gasteiger partial charge in [0.15, 0.2) is 0 Å². The molecule has 0 aliphatic rings. The van der Waals surface area contributed by atoms with Crippen molar-refractivity contribution in [3.05, 3.63) is 24.3 Å². The fourth-order valence-corrected chi connectivity index (χ4v) is 1.46. The van der Waals surface area contributed by atoms with Crippen molar-refractivity contribution in [1.29, 1.82) is 0 Å². The molecule has 0 fully saturated rings. The molecule has 0 amide bonds. The molecular formula is C7H9NO5S2. The molecule has 0 spiro atoms. The summed E-state index contributed by atoms with van der Waals surface area (Å²) in [6.45, 7) is 0. The molecule has 0 heterocycles. The van der Waals surface area contributed by atoms with Gasteiger partial charge in [-0.25, -0.2) is 5.26 Å². The van der Waals surface area contributed by atoms with E-state index in [0.717, 1.165) is 24.1 Å². The van der Waals surface area contributed by atoms with Gasteiger partial charge in [-0.3, -0.25) is 5.21 Å². The lowest BCUT2D eigenvalue weighted by Gasteiger charge is -2.13. The van der Waals surface area contributed by atoms with Crippen molar-refractivity contribution in [2.24, 2.45) is 0 Å². The van der Waals surface area contributed by atoms with Gasteiger partial charge in [0, 0.05) is 23.2 Å². The molecule has 2 N–H and O–H groups in total. The zero-order valence-corrected chi connectivity index (χ0v) is 9.33. The summed E-state index contributed by atoms with van der Waals surface area (Å²) in [5, 5.41) is 21.4. The van der Waals surface area contributed by atoms with Crippen molar-refractivity contribution in [2.45, 2.75) is 4.90 Å². The van der Waals surface area contributed by atoms with Crippen molar-refractivity contribution in [3.63, 3.8) is 0 Å². The quantitative estimate of drug-likeness (QED) is 0.454. The predicted molar refractivity (Wildman–Crippen MR) is 56.0 cm³/mol. The van der Waals surface area contributed by atoms with Crippen LogP contribution in [0.25, 0.3) is 0 Å². The normalized spacial score (nSPS) is 10.3. The minimum Gasteiger partial charge on any atom is -0.263 e. The standard InChI is InChI=1S/C7H9NO5S2/c1-14-11-8(9)6-3-2-4-7(5-6)15-13-12-10/h2-5,9-10H,1H3. The fraction of sp³-hybridized carbons (Fsp3) is 0.143. The number of rotatable bonds is 6. The Balaban J connectivity index is 2.64. The van der Waals surface area contributed by atoms with E-state index in [2.05, 4.69) is 9.37 Å². The van der Waals surface area contributed by atoms with Gasteiger partial charge in [-0.1, -0.05) is 11.1 Å². The maximum Gasteiger partial charge on any atom is 0.0968 e. The highest BCUT2D eigenvalue weighted by atomic mass is 32.2. The SMILES string of the molecule is CSON(O)c1cccc(SOOO)c1. The van der Waals surface area contributed by atoms with Gasteiger partial charge in [0.1, 0.15) is 0 Å². The van der Waals surface area contributed by atoms with E-state index in [0.29, 0.717) is 15.8 Å². The van der Waals surface area contributed by atoms with E-state index in [1.54, 1.807) is 30.5 Å². The van der Waals surface area contributed by atoms with E-state index in [4.69, 9.17) is 9.54 Å². The second-order valence-corrected chi connectivity index (χ2v) is 3.49. The first kappa shape index (κ1) is 12.6. The third-order valence-corrected chi connectivity index (χ3v) is 2.21. The molecule has 15 heavy (non-hydrogen) atoms. The van der Waals surface area contributed by atoms with Crippen molar-refractivity contribution < 1.29 is 24.1 Å². The van der Waals surface area contributed by atoms with E-state index in [-0.39, 0.29) is 0 Å². The summed E-state index contributed by atoms with van der Waals surface area (Å²) in [7, 11) is 0. The Morgan fingerprint density at radius 3 is 2.87 bits per heavy atom. The van der Waals surface area contributed by atoms with Crippen LogP contribution in [0.3, 0.4) is 0 Å². The second kappa shape index (κ2) is 6.90. The molecule has 0 bridgehead atoms. The Morgan fingerprint density at radius 1 is 1.40 bits per heavy atom. The van der Waals surface area contributed by atoms with Gasteiger partial charge in [0.05, 0.1) is 17.7 Å². The van der Waals surface area contributed by atoms with Gasteiger partial charge in [-0.05, 0) is 18.2 Å². The molecule has 1 aromatic rings. The van der Waals surface area contributed by atoms with Crippen LogP contribution in [0.2, 0.25) is 0 Å². The molecule has 0 unspecified atom stereocenters. The summed E-state index contributed by atoms with van der Waals surface area (Å²) in [5.74, 6) is 0. The summed E-state index contributed by atoms with van der Waals surface area (Å²) in [4.78, 5) is 0.630. The van der Waals surface area contributed by atoms with Crippen molar-refractivity contribution >= 4 is 29.8 Å². The average molecular weight is 251 g/mol. The van der Waals surface area contributed by atoms with Gasteiger partial charge >= 0.3 is 0 Å². The molecule has 0 atom stereocenters. The zero-order chi connectivity index (χ0) is 11.1. The fourth-order valence-electron chi connectivity index (χ4n) is 0.822. The molecule has 8 heteroatoms. The summed E-state index contributed by atoms with van der Waals surface area (Å²) in [6, 6.07) is 6.62. The van der Waals surface area contributed by atoms with Crippen molar-refractivity contribution in [3.8, 4) is 0 Å². The van der Waals surface area contributed by atoms with E-state index < -0.39 is 0 Å². The second-order valence-electron chi connectivity index (χ2n) is 2.24. The van der Waals surface area contributed by atoms with E-state index in [1.165, 1.54) is 0 Å². The number of benzene rings is 1. The van der Waals surface area contributed by atoms with Crippen LogP contribution in [0, 0.1) is 0 Å². The molecule has 6 nitrogen and oxygen atoms in total. The first-order chi connectivity index (χ1) is 7.27. The monoisotopic (exact) mass is 251 g/mol. The third-order valence-electron chi connectivity index (χ3n) is 1.34. The van der Waals surface area contributed by atoms with Crippen molar-refractivity contribution in [1.82, 2.24) is 0 Å². The van der Waals surface area contributed by atoms with E-state index in [9.17, 15) is 5.21 Å². The minimum absolute atomic E-state index is 0.427. The minimum atomic E-state index is 0.427. The van der Waals surface area contributed by atoms with Crippen LogP contribution in [-0.2, 0) is 13.7 Å². The van der Waals surface area contributed by atoms with Gasteiger partial charge in [0.25, 0.3) is 0 Å². The highest BCUT2D eigenvalue weighted by Crippen LogP contribution is 2.24. The lowest BCUT2D eigenvalue weighted by molar-refractivity contribution is -0.432. The first-order valence-electron chi connectivity index (χ1n) is 3.72. The molecule has 1 aromatic carbocycles. The molecule has 0 aromatic heterocycles. The van der Waals surface area contributed by atoms with Gasteiger partial charge in [-0.15, -0.1) is 9.56 Å². The summed E-state index contributed by atoms with van der Waals surface area (Å²) in [5.41, 5.74) is 0.427. The van der Waals surface area contributed by atoms with Crippen LogP contribution in [-0.4, -0.2) is 16.7 Å². The first-order valence-corrected chi connectivity index (χ1v) is 5.61. The Kier molecular flexibility index (Phi) is 5.79. The van der Waals surface area contributed by atoms with Crippen LogP contribution >= 0.6 is 24.1 Å². The topological polar surface area (TPSA) is 71.4 Å². The van der Waals surface area contributed by atoms with Crippen LogP contribution in [0.5, 0.6) is 0 Å². The molecule has 0 aliphatic carbocycles. The molecule has 1 rings (SSSR count). The lowest BCUT2D eigenvalue weighted by Crippen LogP contribution is -2.14. The molecular weight excluding hydrogens is 242 g/mol. The number of nitrogens with zero attached hydrogens (tertiary/aromatic N) is 1. The lowest BCUT2D eigenvalue weighted by atomic mass is 10.3. The molecule has 0 radical (unpaired) electrons. The maximum absolute atomic E-state index is 9.33. The van der Waals surface area contributed by atoms with Crippen LogP contribution in [0.4, 0.5) is 5.69 Å². The van der Waals surface area contributed by atoms with Crippen LogP contribution < -0.4 is 5.23 Å². The Labute approximate surface area is 94.9 Å². The third kappa shape index (κ3) is 4.26. The largest absolute Gasteiger partial charge is 0.263 e. The van der Waals surface area contributed by atoms with Gasteiger partial charge in [0.2, 0.25) is 0 Å². The van der Waals surface area contributed by atoms with E-state index in [1.807, 2.05) is 0 Å². The highest BCUT2D eigenvalue weighted by molar-refractivity contribution is 7.94. The Morgan fingerprint density at radius 2 is 2.20 bits per heavy atom. The van der Waals surface area contributed by atoms with Crippen molar-refractivity contribution in [2.75, 3.05) is 11.5 Å². The summed E-state index contributed by atoms with van der Waals surface area (Å²) in [6.07, 6.45) is 1.67. The van der Waals surface area contributed by atoms with E-state index >= 15 is 0 Å². The van der Waals surface area contributed by atoms with Gasteiger partial charge < -0.3 is 0 Å². The number of anilines is 1. The smallest absolute Gasteiger partial charge is 0.0968 e. The molecule has 0 aliphatic heterocycles. The molecule has 0 saturated carbocycles. The van der Waals surface area contributed by atoms with Gasteiger partial charge in [-0.2, -0.15) is 4.28 Å². The van der Waals surface area contributed by atoms with Crippen LogP contribution in [0.15, 0.2) is 29.2 Å². The average Bonchev–Trinajstić information content (AvgIpc) is 2.27. The maximum atomic E-state index is 9.33. The number of hydrogen-bond donors (Lipinski definition) is 2. The Bertz CT molecular complexity index is 300. The predicted octanol–water partition coefficient (Wildman–Crippen LogP) is 2.52. The summed E-state index contributed by atoms with van der Waals surface area (Å²) >= 11 is 1.80.